The Morgan fingerprint density at radius 3 is 1.33 bits per heavy atom. The number of hydrogen-bond acceptors (Lipinski definition) is 12. The van der Waals surface area contributed by atoms with Crippen molar-refractivity contribution in [2.24, 2.45) is 0 Å². The van der Waals surface area contributed by atoms with Gasteiger partial charge in [-0.1, -0.05) is 0 Å². The second kappa shape index (κ2) is 28.1. The van der Waals surface area contributed by atoms with Crippen LogP contribution in [0.2, 0.25) is 0 Å². The minimum Gasteiger partial charge on any atom is -0.491 e. The molecule has 1 fully saturated rings. The summed E-state index contributed by atoms with van der Waals surface area (Å²) in [6, 6.07) is 6.94. The predicted octanol–water partition coefficient (Wildman–Crippen LogP) is 2.55. The van der Waals surface area contributed by atoms with Crippen molar-refractivity contribution in [1.29, 1.82) is 0 Å². The van der Waals surface area contributed by atoms with Crippen molar-refractivity contribution in [3.63, 3.8) is 0 Å². The van der Waals surface area contributed by atoms with Gasteiger partial charge in [0.2, 0.25) is 0 Å². The molecular weight excluding hydrogens is 552 g/mol. The van der Waals surface area contributed by atoms with E-state index in [9.17, 15) is 4.79 Å². The largest absolute Gasteiger partial charge is 0.491 e. The van der Waals surface area contributed by atoms with Crippen molar-refractivity contribution in [2.75, 3.05) is 126 Å². The molecule has 0 saturated carbocycles. The monoisotopic (exact) mass is 602 g/mol. The lowest BCUT2D eigenvalue weighted by atomic mass is 10.2. The first kappa shape index (κ1) is 36.5. The van der Waals surface area contributed by atoms with E-state index < -0.39 is 0 Å². The molecule has 0 bridgehead atoms. The molecule has 1 atom stereocenters. The molecule has 242 valence electrons. The number of aldehydes is 1. The quantitative estimate of drug-likeness (QED) is 0.0951. The van der Waals surface area contributed by atoms with Crippen LogP contribution in [0.15, 0.2) is 24.3 Å². The van der Waals surface area contributed by atoms with Gasteiger partial charge in [-0.2, -0.15) is 0 Å². The molecule has 12 heteroatoms. The molecule has 0 N–H and O–H groups in total. The Balaban J connectivity index is 1.16. The maximum atomic E-state index is 10.6. The van der Waals surface area contributed by atoms with Gasteiger partial charge in [0.15, 0.2) is 6.29 Å². The second-order valence-electron chi connectivity index (χ2n) is 9.10. The summed E-state index contributed by atoms with van der Waals surface area (Å²) in [6.45, 7) is 9.89. The van der Waals surface area contributed by atoms with Gasteiger partial charge in [-0.15, -0.1) is 0 Å². The second-order valence-corrected chi connectivity index (χ2v) is 9.10. The van der Waals surface area contributed by atoms with Crippen molar-refractivity contribution >= 4 is 6.29 Å². The lowest BCUT2D eigenvalue weighted by Gasteiger charge is -2.22. The van der Waals surface area contributed by atoms with Gasteiger partial charge < -0.3 is 52.1 Å². The van der Waals surface area contributed by atoms with E-state index in [1.165, 1.54) is 0 Å². The first-order chi connectivity index (χ1) is 20.9. The molecule has 1 aromatic carbocycles. The molecule has 2 rings (SSSR count). The highest BCUT2D eigenvalue weighted by Crippen LogP contribution is 2.13. The van der Waals surface area contributed by atoms with Crippen LogP contribution in [0.25, 0.3) is 0 Å². The third-order valence-corrected chi connectivity index (χ3v) is 5.79. The summed E-state index contributed by atoms with van der Waals surface area (Å²) in [5, 5.41) is 0. The highest BCUT2D eigenvalue weighted by molar-refractivity contribution is 5.74. The van der Waals surface area contributed by atoms with Crippen molar-refractivity contribution in [3.8, 4) is 5.75 Å². The normalized spacial score (nSPS) is 15.2. The third kappa shape index (κ3) is 21.9. The van der Waals surface area contributed by atoms with Crippen molar-refractivity contribution in [3.05, 3.63) is 29.8 Å². The number of rotatable bonds is 30. The highest BCUT2D eigenvalue weighted by atomic mass is 16.7. The summed E-state index contributed by atoms with van der Waals surface area (Å²) >= 11 is 0. The van der Waals surface area contributed by atoms with E-state index in [2.05, 4.69) is 0 Å². The Labute approximate surface area is 250 Å². The van der Waals surface area contributed by atoms with Crippen LogP contribution in [-0.4, -0.2) is 138 Å². The summed E-state index contributed by atoms with van der Waals surface area (Å²) in [5.74, 6) is 0.706. The fraction of sp³-hybridized carbons (Fsp3) is 0.767. The van der Waals surface area contributed by atoms with Crippen molar-refractivity contribution in [2.45, 2.75) is 25.6 Å². The highest BCUT2D eigenvalue weighted by Gasteiger charge is 2.13. The molecule has 1 heterocycles. The first-order valence-corrected chi connectivity index (χ1v) is 14.9. The number of carbonyl (C=O) groups excluding carboxylic acids is 1. The van der Waals surface area contributed by atoms with E-state index in [-0.39, 0.29) is 6.29 Å². The van der Waals surface area contributed by atoms with Gasteiger partial charge in [0.05, 0.1) is 112 Å². The number of ether oxygens (including phenoxy) is 11. The summed E-state index contributed by atoms with van der Waals surface area (Å²) < 4.78 is 60.4. The fourth-order valence-electron chi connectivity index (χ4n) is 3.58. The Morgan fingerprint density at radius 1 is 0.548 bits per heavy atom. The minimum atomic E-state index is -0.0669. The Bertz CT molecular complexity index is 715. The average Bonchev–Trinajstić information content (AvgIpc) is 3.03. The smallest absolute Gasteiger partial charge is 0.157 e. The minimum absolute atomic E-state index is 0.0669. The predicted molar refractivity (Wildman–Crippen MR) is 153 cm³/mol. The molecule has 1 aliphatic rings. The van der Waals surface area contributed by atoms with E-state index in [4.69, 9.17) is 52.1 Å². The van der Waals surface area contributed by atoms with Crippen molar-refractivity contribution < 1.29 is 56.9 Å². The molecule has 1 unspecified atom stereocenters. The van der Waals surface area contributed by atoms with E-state index in [0.717, 1.165) is 32.2 Å². The summed E-state index contributed by atoms with van der Waals surface area (Å²) in [5.41, 5.74) is 0.620. The van der Waals surface area contributed by atoms with Gasteiger partial charge >= 0.3 is 0 Å². The van der Waals surface area contributed by atoms with Gasteiger partial charge in [-0.3, -0.25) is 4.79 Å². The topological polar surface area (TPSA) is 119 Å². The zero-order chi connectivity index (χ0) is 29.6. The van der Waals surface area contributed by atoms with Crippen LogP contribution in [0.5, 0.6) is 5.75 Å². The average molecular weight is 603 g/mol. The Morgan fingerprint density at radius 2 is 0.952 bits per heavy atom. The van der Waals surface area contributed by atoms with Crippen LogP contribution in [0.1, 0.15) is 29.6 Å². The molecule has 1 saturated heterocycles. The van der Waals surface area contributed by atoms with Gasteiger partial charge in [0.25, 0.3) is 0 Å². The van der Waals surface area contributed by atoms with Crippen LogP contribution < -0.4 is 4.74 Å². The van der Waals surface area contributed by atoms with Crippen LogP contribution in [0.3, 0.4) is 0 Å². The standard InChI is InChI=1S/C30H50O12/c31-27-28-4-6-29(7-5-28)40-25-23-38-21-19-36-17-15-34-13-11-32-9-10-33-12-14-35-16-18-37-20-22-39-24-26-42-30-3-1-2-8-41-30/h4-7,27,30H,1-3,8-26H2. The number of hydrogen-bond donors (Lipinski definition) is 0. The van der Waals surface area contributed by atoms with E-state index in [0.29, 0.717) is 130 Å². The zero-order valence-electron chi connectivity index (χ0n) is 24.9. The Hall–Kier alpha value is -1.71. The summed E-state index contributed by atoms with van der Waals surface area (Å²) in [6.07, 6.45) is 3.99. The van der Waals surface area contributed by atoms with E-state index in [1.54, 1.807) is 24.3 Å². The molecule has 0 radical (unpaired) electrons. The lowest BCUT2D eigenvalue weighted by molar-refractivity contribution is -0.169. The molecule has 12 nitrogen and oxygen atoms in total. The van der Waals surface area contributed by atoms with E-state index >= 15 is 0 Å². The molecule has 1 aliphatic heterocycles. The maximum absolute atomic E-state index is 10.6. The van der Waals surface area contributed by atoms with Gasteiger partial charge in [-0.05, 0) is 43.5 Å². The van der Waals surface area contributed by atoms with Gasteiger partial charge in [0, 0.05) is 12.2 Å². The zero-order valence-corrected chi connectivity index (χ0v) is 24.9. The third-order valence-electron chi connectivity index (χ3n) is 5.79. The molecule has 0 aromatic heterocycles. The van der Waals surface area contributed by atoms with Crippen LogP contribution >= 0.6 is 0 Å². The van der Waals surface area contributed by atoms with Gasteiger partial charge in [0.1, 0.15) is 18.6 Å². The maximum Gasteiger partial charge on any atom is 0.157 e. The van der Waals surface area contributed by atoms with E-state index in [1.807, 2.05) is 0 Å². The SMILES string of the molecule is O=Cc1ccc(OCCOCCOCCOCCOCCOCCOCCOCCOCCOC2CCCCO2)cc1. The lowest BCUT2D eigenvalue weighted by Crippen LogP contribution is -2.24. The van der Waals surface area contributed by atoms with Crippen LogP contribution in [0, 0.1) is 0 Å². The molecule has 42 heavy (non-hydrogen) atoms. The number of benzene rings is 1. The first-order valence-electron chi connectivity index (χ1n) is 14.9. The molecule has 0 amide bonds. The summed E-state index contributed by atoms with van der Waals surface area (Å²) in [7, 11) is 0. The van der Waals surface area contributed by atoms with Crippen LogP contribution in [-0.2, 0) is 47.4 Å². The molecule has 0 spiro atoms. The Kier molecular flexibility index (Phi) is 24.4. The molecule has 1 aromatic rings. The van der Waals surface area contributed by atoms with Crippen molar-refractivity contribution in [1.82, 2.24) is 0 Å². The summed E-state index contributed by atoms with van der Waals surface area (Å²) in [4.78, 5) is 10.6. The molecular formula is C30H50O12. The van der Waals surface area contributed by atoms with Gasteiger partial charge in [-0.25, -0.2) is 0 Å². The van der Waals surface area contributed by atoms with Crippen LogP contribution in [0.4, 0.5) is 0 Å². The fourth-order valence-corrected chi connectivity index (χ4v) is 3.58. The molecule has 0 aliphatic carbocycles. The number of carbonyl (C=O) groups is 1.